The maximum atomic E-state index is 13.0. The Morgan fingerprint density at radius 2 is 2.24 bits per heavy atom. The highest BCUT2D eigenvalue weighted by Crippen LogP contribution is 2.25. The van der Waals surface area contributed by atoms with E-state index < -0.39 is 12.0 Å². The van der Waals surface area contributed by atoms with Crippen molar-refractivity contribution in [2.45, 2.75) is 19.8 Å². The Balaban J connectivity index is 2.88. The Bertz CT molecular complexity index is 780. The maximum absolute atomic E-state index is 13.0. The van der Waals surface area contributed by atoms with Crippen molar-refractivity contribution < 1.29 is 8.78 Å². The van der Waals surface area contributed by atoms with Gasteiger partial charge in [0.1, 0.15) is 11.7 Å². The molecule has 0 amide bonds. The molecule has 0 aliphatic heterocycles. The van der Waals surface area contributed by atoms with Gasteiger partial charge in [-0.15, -0.1) is 0 Å². The van der Waals surface area contributed by atoms with Gasteiger partial charge in [-0.05, 0) is 18.3 Å². The van der Waals surface area contributed by atoms with Crippen molar-refractivity contribution in [1.82, 2.24) is 9.55 Å². The third-order valence-corrected chi connectivity index (χ3v) is 3.05. The number of fused-ring (bicyclic) bond motifs is 1. The smallest absolute Gasteiger partial charge is 0.267 e. The summed E-state index contributed by atoms with van der Waals surface area (Å²) in [6.07, 6.45) is -0.0210. The molecule has 3 N–H and O–H groups in total. The zero-order valence-corrected chi connectivity index (χ0v) is 11.3. The number of nitrogens with one attached hydrogen (secondary N) is 1. The summed E-state index contributed by atoms with van der Waals surface area (Å²) in [5.74, 6) is 0.0832. The van der Waals surface area contributed by atoms with Gasteiger partial charge in [0.05, 0.1) is 10.9 Å². The monoisotopic (exact) mass is 292 g/mol. The van der Waals surface area contributed by atoms with E-state index in [0.29, 0.717) is 6.42 Å². The SMILES string of the molecule is CCc1nc2c(C(F)F)cccc2c(=O)n1C(=N)/C=C\N. The van der Waals surface area contributed by atoms with E-state index in [0.717, 1.165) is 10.8 Å². The summed E-state index contributed by atoms with van der Waals surface area (Å²) in [6, 6.07) is 4.05. The zero-order chi connectivity index (χ0) is 15.6. The Kier molecular flexibility index (Phi) is 4.11. The Morgan fingerprint density at radius 3 is 2.81 bits per heavy atom. The van der Waals surface area contributed by atoms with Crippen LogP contribution in [0, 0.1) is 5.41 Å². The second-order valence-corrected chi connectivity index (χ2v) is 4.31. The van der Waals surface area contributed by atoms with Gasteiger partial charge < -0.3 is 5.73 Å². The summed E-state index contributed by atoms with van der Waals surface area (Å²) in [4.78, 5) is 16.6. The zero-order valence-electron chi connectivity index (χ0n) is 11.3. The minimum Gasteiger partial charge on any atom is -0.404 e. The summed E-state index contributed by atoms with van der Waals surface area (Å²) < 4.78 is 27.1. The van der Waals surface area contributed by atoms with Crippen LogP contribution in [0.1, 0.15) is 24.7 Å². The quantitative estimate of drug-likeness (QED) is 0.671. The third-order valence-electron chi connectivity index (χ3n) is 3.05. The van der Waals surface area contributed by atoms with Gasteiger partial charge in [0, 0.05) is 12.0 Å². The van der Waals surface area contributed by atoms with Gasteiger partial charge in [-0.3, -0.25) is 10.2 Å². The van der Waals surface area contributed by atoms with Crippen LogP contribution in [-0.4, -0.2) is 15.4 Å². The van der Waals surface area contributed by atoms with Crippen molar-refractivity contribution in [3.63, 3.8) is 0 Å². The molecule has 2 aromatic rings. The normalized spacial score (nSPS) is 11.6. The molecule has 110 valence electrons. The number of hydrogen-bond donors (Lipinski definition) is 2. The van der Waals surface area contributed by atoms with Crippen molar-refractivity contribution in [2.75, 3.05) is 0 Å². The second-order valence-electron chi connectivity index (χ2n) is 4.31. The van der Waals surface area contributed by atoms with E-state index in [2.05, 4.69) is 4.98 Å². The largest absolute Gasteiger partial charge is 0.404 e. The fourth-order valence-electron chi connectivity index (χ4n) is 2.10. The lowest BCUT2D eigenvalue weighted by Gasteiger charge is -2.12. The molecule has 0 spiro atoms. The standard InChI is InChI=1S/C14H14F2N4O/c1-2-11-19-12-8(13(15)16)4-3-5-9(12)14(21)20(11)10(18)6-7-17/h3-7,13,18H,2,17H2,1H3/b7-6-,18-10?. The minimum atomic E-state index is -2.72. The number of para-hydroxylation sites is 1. The summed E-state index contributed by atoms with van der Waals surface area (Å²) in [5, 5.41) is 7.89. The van der Waals surface area contributed by atoms with E-state index in [1.165, 1.54) is 24.3 Å². The molecular formula is C14H14F2N4O. The molecule has 5 nitrogen and oxygen atoms in total. The predicted molar refractivity (Wildman–Crippen MR) is 76.8 cm³/mol. The first-order chi connectivity index (χ1) is 10.0. The van der Waals surface area contributed by atoms with Crippen molar-refractivity contribution in [1.29, 1.82) is 5.41 Å². The van der Waals surface area contributed by atoms with Crippen LogP contribution >= 0.6 is 0 Å². The summed E-state index contributed by atoms with van der Waals surface area (Å²) in [7, 11) is 0. The number of halogens is 2. The van der Waals surface area contributed by atoms with Crippen LogP contribution in [0.3, 0.4) is 0 Å². The maximum Gasteiger partial charge on any atom is 0.267 e. The van der Waals surface area contributed by atoms with Crippen molar-refractivity contribution in [3.05, 3.63) is 52.2 Å². The van der Waals surface area contributed by atoms with Crippen LogP contribution in [0.2, 0.25) is 0 Å². The number of nitrogens with two attached hydrogens (primary N) is 1. The van der Waals surface area contributed by atoms with E-state index in [1.807, 2.05) is 0 Å². The van der Waals surface area contributed by atoms with Crippen LogP contribution in [0.5, 0.6) is 0 Å². The number of alkyl halides is 2. The van der Waals surface area contributed by atoms with E-state index in [4.69, 9.17) is 11.1 Å². The fraction of sp³-hybridized carbons (Fsp3) is 0.214. The van der Waals surface area contributed by atoms with Crippen LogP contribution in [0.15, 0.2) is 35.3 Å². The number of hydrogen-bond acceptors (Lipinski definition) is 4. The number of nitrogens with zero attached hydrogens (tertiary/aromatic N) is 2. The lowest BCUT2D eigenvalue weighted by molar-refractivity contribution is 0.153. The highest BCUT2D eigenvalue weighted by atomic mass is 19.3. The Labute approximate surface area is 119 Å². The molecular weight excluding hydrogens is 278 g/mol. The average molecular weight is 292 g/mol. The first kappa shape index (κ1) is 14.8. The van der Waals surface area contributed by atoms with Gasteiger partial charge in [-0.25, -0.2) is 18.3 Å². The van der Waals surface area contributed by atoms with E-state index >= 15 is 0 Å². The second kappa shape index (κ2) is 5.82. The van der Waals surface area contributed by atoms with Gasteiger partial charge >= 0.3 is 0 Å². The van der Waals surface area contributed by atoms with Crippen LogP contribution < -0.4 is 11.3 Å². The van der Waals surface area contributed by atoms with Crippen molar-refractivity contribution in [2.24, 2.45) is 5.73 Å². The fourth-order valence-corrected chi connectivity index (χ4v) is 2.10. The number of rotatable bonds is 3. The summed E-state index contributed by atoms with van der Waals surface area (Å²) >= 11 is 0. The number of aromatic nitrogens is 2. The molecule has 0 unspecified atom stereocenters. The molecule has 0 atom stereocenters. The molecule has 2 rings (SSSR count). The van der Waals surface area contributed by atoms with Gasteiger partial charge in [-0.1, -0.05) is 19.1 Å². The third kappa shape index (κ3) is 2.54. The molecule has 21 heavy (non-hydrogen) atoms. The van der Waals surface area contributed by atoms with E-state index in [-0.39, 0.29) is 28.1 Å². The molecule has 0 bridgehead atoms. The molecule has 0 aliphatic rings. The topological polar surface area (TPSA) is 84.8 Å². The Hall–Kier alpha value is -2.57. The van der Waals surface area contributed by atoms with Crippen LogP contribution in [0.4, 0.5) is 8.78 Å². The number of aryl methyl sites for hydroxylation is 1. The first-order valence-corrected chi connectivity index (χ1v) is 6.31. The average Bonchev–Trinajstić information content (AvgIpc) is 2.46. The van der Waals surface area contributed by atoms with E-state index in [1.54, 1.807) is 6.92 Å². The predicted octanol–water partition coefficient (Wildman–Crippen LogP) is 2.19. The van der Waals surface area contributed by atoms with Gasteiger partial charge in [0.25, 0.3) is 12.0 Å². The Morgan fingerprint density at radius 1 is 1.52 bits per heavy atom. The number of benzene rings is 1. The van der Waals surface area contributed by atoms with Gasteiger partial charge in [0.15, 0.2) is 0 Å². The summed E-state index contributed by atoms with van der Waals surface area (Å²) in [6.45, 7) is 1.73. The molecule has 0 radical (unpaired) electrons. The molecule has 1 aromatic heterocycles. The lowest BCUT2D eigenvalue weighted by atomic mass is 10.1. The van der Waals surface area contributed by atoms with Gasteiger partial charge in [0.2, 0.25) is 0 Å². The summed E-state index contributed by atoms with van der Waals surface area (Å²) in [5.41, 5.74) is 4.37. The van der Waals surface area contributed by atoms with Gasteiger partial charge in [-0.2, -0.15) is 0 Å². The molecule has 0 saturated carbocycles. The molecule has 1 aromatic carbocycles. The molecule has 0 fully saturated rings. The van der Waals surface area contributed by atoms with E-state index in [9.17, 15) is 13.6 Å². The van der Waals surface area contributed by atoms with Crippen molar-refractivity contribution >= 4 is 16.7 Å². The molecule has 1 heterocycles. The highest BCUT2D eigenvalue weighted by molar-refractivity contribution is 5.94. The first-order valence-electron chi connectivity index (χ1n) is 6.31. The number of allylic oxidation sites excluding steroid dienone is 1. The van der Waals surface area contributed by atoms with Crippen LogP contribution in [0.25, 0.3) is 10.9 Å². The lowest BCUT2D eigenvalue weighted by Crippen LogP contribution is -2.30. The molecule has 7 heteroatoms. The van der Waals surface area contributed by atoms with Crippen LogP contribution in [-0.2, 0) is 6.42 Å². The highest BCUT2D eigenvalue weighted by Gasteiger charge is 2.18. The molecule has 0 saturated heterocycles. The molecule has 0 aliphatic carbocycles. The minimum absolute atomic E-state index is 0.0184. The van der Waals surface area contributed by atoms with Crippen molar-refractivity contribution in [3.8, 4) is 0 Å².